The van der Waals surface area contributed by atoms with Crippen LogP contribution in [0.1, 0.15) is 17.5 Å². The number of benzene rings is 1. The van der Waals surface area contributed by atoms with Crippen LogP contribution in [0.4, 0.5) is 8.78 Å². The summed E-state index contributed by atoms with van der Waals surface area (Å²) in [7, 11) is 0. The zero-order valence-electron chi connectivity index (χ0n) is 11.7. The Hall–Kier alpha value is -1.69. The molecule has 1 aromatic carbocycles. The molecule has 0 saturated heterocycles. The van der Waals surface area contributed by atoms with Crippen molar-refractivity contribution >= 4 is 5.91 Å². The lowest BCUT2D eigenvalue weighted by Gasteiger charge is -2.21. The first-order valence-corrected chi connectivity index (χ1v) is 7.01. The summed E-state index contributed by atoms with van der Waals surface area (Å²) >= 11 is 0. The van der Waals surface area contributed by atoms with Crippen LogP contribution < -0.4 is 4.74 Å². The molecule has 1 amide bonds. The minimum Gasteiger partial charge on any atom is -0.484 e. The number of carbonyl (C=O) groups is 1. The summed E-state index contributed by atoms with van der Waals surface area (Å²) in [6.45, 7) is -1.45. The van der Waals surface area contributed by atoms with Gasteiger partial charge in [0, 0.05) is 6.54 Å². The second-order valence-corrected chi connectivity index (χ2v) is 5.03. The van der Waals surface area contributed by atoms with Crippen LogP contribution in [0.15, 0.2) is 18.2 Å². The van der Waals surface area contributed by atoms with E-state index in [1.165, 1.54) is 11.1 Å². The van der Waals surface area contributed by atoms with E-state index in [1.54, 1.807) is 6.07 Å². The normalized spacial score (nSPS) is 13.3. The van der Waals surface area contributed by atoms with E-state index < -0.39 is 18.9 Å². The zero-order valence-corrected chi connectivity index (χ0v) is 11.7. The first-order valence-electron chi connectivity index (χ1n) is 7.01. The molecule has 0 atom stereocenters. The van der Waals surface area contributed by atoms with Crippen molar-refractivity contribution in [2.24, 2.45) is 0 Å². The number of hydrogen-bond donors (Lipinski definition) is 1. The molecule has 0 bridgehead atoms. The number of aryl methyl sites for hydroxylation is 2. The summed E-state index contributed by atoms with van der Waals surface area (Å²) < 4.78 is 30.1. The quantitative estimate of drug-likeness (QED) is 0.833. The number of rotatable bonds is 7. The van der Waals surface area contributed by atoms with Gasteiger partial charge >= 0.3 is 0 Å². The van der Waals surface area contributed by atoms with Gasteiger partial charge in [-0.15, -0.1) is 0 Å². The largest absolute Gasteiger partial charge is 0.484 e. The van der Waals surface area contributed by atoms with Gasteiger partial charge in [0.1, 0.15) is 5.75 Å². The second-order valence-electron chi connectivity index (χ2n) is 5.03. The molecule has 1 aromatic rings. The average Bonchev–Trinajstić information content (AvgIpc) is 2.91. The smallest absolute Gasteiger partial charge is 0.260 e. The van der Waals surface area contributed by atoms with Gasteiger partial charge in [-0.1, -0.05) is 6.07 Å². The van der Waals surface area contributed by atoms with Gasteiger partial charge < -0.3 is 14.7 Å². The van der Waals surface area contributed by atoms with E-state index in [-0.39, 0.29) is 19.8 Å². The number of carbonyl (C=O) groups excluding carboxylic acids is 1. The zero-order chi connectivity index (χ0) is 15.2. The Morgan fingerprint density at radius 1 is 1.33 bits per heavy atom. The van der Waals surface area contributed by atoms with E-state index in [2.05, 4.69) is 0 Å². The summed E-state index contributed by atoms with van der Waals surface area (Å²) in [6, 6.07) is 5.67. The molecule has 0 fully saturated rings. The minimum absolute atomic E-state index is 0.114. The number of halogens is 2. The van der Waals surface area contributed by atoms with E-state index >= 15 is 0 Å². The van der Waals surface area contributed by atoms with Gasteiger partial charge in [0.25, 0.3) is 12.3 Å². The molecule has 0 spiro atoms. The molecule has 1 aliphatic carbocycles. The van der Waals surface area contributed by atoms with Crippen LogP contribution in [0.25, 0.3) is 0 Å². The third-order valence-corrected chi connectivity index (χ3v) is 3.51. The molecule has 0 aromatic heterocycles. The minimum atomic E-state index is -2.62. The number of fused-ring (bicyclic) bond motifs is 1. The predicted molar refractivity (Wildman–Crippen MR) is 73.6 cm³/mol. The molecule has 6 heteroatoms. The highest BCUT2D eigenvalue weighted by Crippen LogP contribution is 2.25. The fraction of sp³-hybridized carbons (Fsp3) is 0.533. The van der Waals surface area contributed by atoms with E-state index in [0.29, 0.717) is 5.75 Å². The van der Waals surface area contributed by atoms with Crippen molar-refractivity contribution in [3.63, 3.8) is 0 Å². The van der Waals surface area contributed by atoms with Crippen LogP contribution in [0.5, 0.6) is 5.75 Å². The number of hydrogen-bond acceptors (Lipinski definition) is 3. The summed E-state index contributed by atoms with van der Waals surface area (Å²) in [4.78, 5) is 12.7. The molecule has 4 nitrogen and oxygen atoms in total. The maximum absolute atomic E-state index is 12.4. The number of alkyl halides is 2. The Morgan fingerprint density at radius 3 is 2.81 bits per heavy atom. The van der Waals surface area contributed by atoms with Gasteiger partial charge in [0.05, 0.1) is 13.2 Å². The number of aliphatic hydroxyl groups is 1. The van der Waals surface area contributed by atoms with Crippen molar-refractivity contribution in [1.29, 1.82) is 0 Å². The lowest BCUT2D eigenvalue weighted by atomic mass is 10.1. The summed E-state index contributed by atoms with van der Waals surface area (Å²) in [5, 5.41) is 8.81. The summed E-state index contributed by atoms with van der Waals surface area (Å²) in [5.74, 6) is 0.0230. The van der Waals surface area contributed by atoms with Crippen molar-refractivity contribution in [2.75, 3.05) is 26.3 Å². The molecule has 1 N–H and O–H groups in total. The molecule has 21 heavy (non-hydrogen) atoms. The Bertz CT molecular complexity index is 494. The molecule has 0 radical (unpaired) electrons. The highest BCUT2D eigenvalue weighted by atomic mass is 19.3. The Morgan fingerprint density at radius 2 is 2.10 bits per heavy atom. The van der Waals surface area contributed by atoms with Crippen molar-refractivity contribution in [3.8, 4) is 5.75 Å². The molecule has 0 aliphatic heterocycles. The standard InChI is InChI=1S/C15H19F2NO3/c16-14(17)9-18(6-7-19)15(20)10-21-13-5-4-11-2-1-3-12(11)8-13/h4-5,8,14,19H,1-3,6-7,9-10H2. The van der Waals surface area contributed by atoms with Crippen LogP contribution in [0, 0.1) is 0 Å². The molecule has 0 saturated carbocycles. The first-order chi connectivity index (χ1) is 10.1. The van der Waals surface area contributed by atoms with Crippen LogP contribution >= 0.6 is 0 Å². The highest BCUT2D eigenvalue weighted by Gasteiger charge is 2.18. The van der Waals surface area contributed by atoms with E-state index in [0.717, 1.165) is 24.2 Å². The Kier molecular flexibility index (Phi) is 5.50. The van der Waals surface area contributed by atoms with Gasteiger partial charge in [-0.05, 0) is 42.5 Å². The number of ether oxygens (including phenoxy) is 1. The number of aliphatic hydroxyl groups excluding tert-OH is 1. The Balaban J connectivity index is 1.90. The van der Waals surface area contributed by atoms with E-state index in [1.807, 2.05) is 12.1 Å². The molecule has 0 unspecified atom stereocenters. The van der Waals surface area contributed by atoms with Crippen LogP contribution in [0.3, 0.4) is 0 Å². The van der Waals surface area contributed by atoms with Crippen molar-refractivity contribution < 1.29 is 23.4 Å². The third kappa shape index (κ3) is 4.39. The van der Waals surface area contributed by atoms with Crippen LogP contribution in [-0.4, -0.2) is 48.6 Å². The summed E-state index contributed by atoms with van der Waals surface area (Å²) in [6.07, 6.45) is 0.562. The molecule has 116 valence electrons. The number of nitrogens with zero attached hydrogens (tertiary/aromatic N) is 1. The molecule has 1 aliphatic rings. The van der Waals surface area contributed by atoms with Crippen LogP contribution in [0.2, 0.25) is 0 Å². The fourth-order valence-corrected chi connectivity index (χ4v) is 2.48. The van der Waals surface area contributed by atoms with Gasteiger partial charge in [0.2, 0.25) is 0 Å². The van der Waals surface area contributed by atoms with E-state index in [9.17, 15) is 13.6 Å². The van der Waals surface area contributed by atoms with Crippen molar-refractivity contribution in [2.45, 2.75) is 25.7 Å². The summed E-state index contributed by atoms with van der Waals surface area (Å²) in [5.41, 5.74) is 2.52. The lowest BCUT2D eigenvalue weighted by molar-refractivity contribution is -0.135. The SMILES string of the molecule is O=C(COc1ccc2c(c1)CCC2)N(CCO)CC(F)F. The first kappa shape index (κ1) is 15.7. The highest BCUT2D eigenvalue weighted by molar-refractivity contribution is 5.77. The van der Waals surface area contributed by atoms with Gasteiger partial charge in [-0.2, -0.15) is 0 Å². The molecular weight excluding hydrogens is 280 g/mol. The van der Waals surface area contributed by atoms with Gasteiger partial charge in [-0.3, -0.25) is 4.79 Å². The molecule has 0 heterocycles. The average molecular weight is 299 g/mol. The van der Waals surface area contributed by atoms with Gasteiger partial charge in [-0.25, -0.2) is 8.78 Å². The maximum atomic E-state index is 12.4. The molecular formula is C15H19F2NO3. The predicted octanol–water partition coefficient (Wildman–Crippen LogP) is 1.64. The van der Waals surface area contributed by atoms with Crippen LogP contribution in [-0.2, 0) is 17.6 Å². The monoisotopic (exact) mass is 299 g/mol. The Labute approximate surface area is 122 Å². The van der Waals surface area contributed by atoms with Crippen molar-refractivity contribution in [3.05, 3.63) is 29.3 Å². The van der Waals surface area contributed by atoms with Gasteiger partial charge in [0.15, 0.2) is 6.61 Å². The molecule has 2 rings (SSSR count). The fourth-order valence-electron chi connectivity index (χ4n) is 2.48. The van der Waals surface area contributed by atoms with E-state index in [4.69, 9.17) is 9.84 Å². The topological polar surface area (TPSA) is 49.8 Å². The second kappa shape index (κ2) is 7.36. The lowest BCUT2D eigenvalue weighted by Crippen LogP contribution is -2.40. The van der Waals surface area contributed by atoms with Crippen molar-refractivity contribution in [1.82, 2.24) is 4.90 Å². The third-order valence-electron chi connectivity index (χ3n) is 3.51. The maximum Gasteiger partial charge on any atom is 0.260 e. The number of amides is 1.